The molecule has 128 valence electrons. The molecule has 0 spiro atoms. The summed E-state index contributed by atoms with van der Waals surface area (Å²) in [5, 5.41) is 7.65. The Morgan fingerprint density at radius 3 is 2.87 bits per heavy atom. The van der Waals surface area contributed by atoms with Crippen molar-refractivity contribution in [2.45, 2.75) is 52.2 Å². The Morgan fingerprint density at radius 2 is 2.30 bits per heavy atom. The molecule has 2 atom stereocenters. The molecule has 5 nitrogen and oxygen atoms in total. The Hall–Kier alpha value is -1.18. The highest BCUT2D eigenvalue weighted by atomic mass is 32.1. The maximum Gasteiger partial charge on any atom is 0.341 e. The van der Waals surface area contributed by atoms with Crippen LogP contribution in [0.4, 0.5) is 5.00 Å². The van der Waals surface area contributed by atoms with Gasteiger partial charge in [0.2, 0.25) is 0 Å². The van der Waals surface area contributed by atoms with Crippen LogP contribution in [0.1, 0.15) is 47.5 Å². The van der Waals surface area contributed by atoms with Crippen LogP contribution < -0.4 is 10.6 Å². The lowest BCUT2D eigenvalue weighted by molar-refractivity contribution is 0.0601. The van der Waals surface area contributed by atoms with E-state index in [1.807, 2.05) is 13.8 Å². The second-order valence-electron chi connectivity index (χ2n) is 5.62. The predicted molar refractivity (Wildman–Crippen MR) is 97.6 cm³/mol. The Labute approximate surface area is 146 Å². The summed E-state index contributed by atoms with van der Waals surface area (Å²) in [4.78, 5) is 13.2. The fourth-order valence-corrected chi connectivity index (χ4v) is 4.34. The van der Waals surface area contributed by atoms with Crippen molar-refractivity contribution in [1.29, 1.82) is 0 Å². The molecule has 0 bridgehead atoms. The number of thiophene rings is 1. The number of hydrogen-bond acceptors (Lipinski definition) is 5. The van der Waals surface area contributed by atoms with Gasteiger partial charge >= 0.3 is 5.97 Å². The predicted octanol–water partition coefficient (Wildman–Crippen LogP) is 3.26. The number of hydrogen-bond donors (Lipinski definition) is 2. The number of carbonyl (C=O) groups is 1. The standard InChI is InChI=1S/C16H24N2O3S2/c1-5-11-10(3)23-14(13(11)15(19)20-4)18-16(22)17-9(2)12-7-6-8-21-12/h9,12H,5-8H2,1-4H3,(H2,17,18,22)/t9-,12+/m0/s1. The Bertz CT molecular complexity index is 580. The molecule has 0 saturated carbocycles. The molecule has 1 aromatic heterocycles. The lowest BCUT2D eigenvalue weighted by Gasteiger charge is -2.21. The molecule has 1 aliphatic rings. The number of aryl methyl sites for hydroxylation is 1. The van der Waals surface area contributed by atoms with Crippen molar-refractivity contribution in [3.63, 3.8) is 0 Å². The van der Waals surface area contributed by atoms with Crippen molar-refractivity contribution >= 4 is 39.6 Å². The van der Waals surface area contributed by atoms with E-state index in [-0.39, 0.29) is 18.1 Å². The van der Waals surface area contributed by atoms with E-state index < -0.39 is 0 Å². The van der Waals surface area contributed by atoms with Gasteiger partial charge in [-0.1, -0.05) is 6.92 Å². The van der Waals surface area contributed by atoms with Gasteiger partial charge in [-0.25, -0.2) is 4.79 Å². The molecular weight excluding hydrogens is 332 g/mol. The third-order valence-electron chi connectivity index (χ3n) is 4.06. The van der Waals surface area contributed by atoms with Gasteiger partial charge in [0.05, 0.1) is 24.8 Å². The van der Waals surface area contributed by atoms with E-state index >= 15 is 0 Å². The lowest BCUT2D eigenvalue weighted by atomic mass is 10.1. The Morgan fingerprint density at radius 1 is 1.57 bits per heavy atom. The maximum absolute atomic E-state index is 12.1. The van der Waals surface area contributed by atoms with E-state index in [9.17, 15) is 4.79 Å². The first-order valence-electron chi connectivity index (χ1n) is 7.87. The number of rotatable bonds is 5. The molecule has 0 aromatic carbocycles. The zero-order chi connectivity index (χ0) is 17.0. The molecule has 0 aliphatic carbocycles. The zero-order valence-corrected chi connectivity index (χ0v) is 15.7. The highest BCUT2D eigenvalue weighted by molar-refractivity contribution is 7.80. The second-order valence-corrected chi connectivity index (χ2v) is 7.26. The number of esters is 1. The van der Waals surface area contributed by atoms with Gasteiger partial charge in [0.25, 0.3) is 0 Å². The number of nitrogens with one attached hydrogen (secondary N) is 2. The summed E-state index contributed by atoms with van der Waals surface area (Å²) >= 11 is 6.92. The SMILES string of the molecule is CCc1c(C)sc(NC(=S)N[C@@H](C)[C@H]2CCCO2)c1C(=O)OC. The minimum absolute atomic E-state index is 0.130. The van der Waals surface area contributed by atoms with Gasteiger partial charge in [-0.2, -0.15) is 0 Å². The molecule has 2 N–H and O–H groups in total. The number of methoxy groups -OCH3 is 1. The van der Waals surface area contributed by atoms with Crippen LogP contribution in [0.15, 0.2) is 0 Å². The highest BCUT2D eigenvalue weighted by Gasteiger charge is 2.25. The van der Waals surface area contributed by atoms with Crippen LogP contribution in [0.3, 0.4) is 0 Å². The first kappa shape index (κ1) is 18.2. The van der Waals surface area contributed by atoms with E-state index in [1.165, 1.54) is 18.4 Å². The van der Waals surface area contributed by atoms with Crippen molar-refractivity contribution in [1.82, 2.24) is 5.32 Å². The number of ether oxygens (including phenoxy) is 2. The molecule has 0 radical (unpaired) electrons. The first-order valence-corrected chi connectivity index (χ1v) is 9.10. The maximum atomic E-state index is 12.1. The number of carbonyl (C=O) groups excluding carboxylic acids is 1. The largest absolute Gasteiger partial charge is 0.465 e. The quantitative estimate of drug-likeness (QED) is 0.624. The second kappa shape index (κ2) is 8.08. The molecule has 1 fully saturated rings. The van der Waals surface area contributed by atoms with Crippen LogP contribution in [-0.4, -0.2) is 36.9 Å². The van der Waals surface area contributed by atoms with Gasteiger partial charge in [-0.15, -0.1) is 11.3 Å². The summed E-state index contributed by atoms with van der Waals surface area (Å²) in [5.41, 5.74) is 1.60. The van der Waals surface area contributed by atoms with E-state index in [4.69, 9.17) is 21.7 Å². The average molecular weight is 357 g/mol. The topological polar surface area (TPSA) is 59.6 Å². The van der Waals surface area contributed by atoms with Gasteiger partial charge in [0.15, 0.2) is 5.11 Å². The molecule has 0 unspecified atom stereocenters. The molecule has 23 heavy (non-hydrogen) atoms. The minimum atomic E-state index is -0.330. The lowest BCUT2D eigenvalue weighted by Crippen LogP contribution is -2.42. The molecule has 2 rings (SSSR count). The van der Waals surface area contributed by atoms with Crippen molar-refractivity contribution in [3.8, 4) is 0 Å². The van der Waals surface area contributed by atoms with Crippen molar-refractivity contribution in [2.24, 2.45) is 0 Å². The molecular formula is C16H24N2O3S2. The summed E-state index contributed by atoms with van der Waals surface area (Å²) in [6.07, 6.45) is 3.10. The number of thiocarbonyl (C=S) groups is 1. The summed E-state index contributed by atoms with van der Waals surface area (Å²) < 4.78 is 10.6. The van der Waals surface area contributed by atoms with Crippen molar-refractivity contribution in [2.75, 3.05) is 19.0 Å². The van der Waals surface area contributed by atoms with Gasteiger partial charge in [-0.05, 0) is 50.9 Å². The third-order valence-corrected chi connectivity index (χ3v) is 5.34. The van der Waals surface area contributed by atoms with Gasteiger partial charge in [-0.3, -0.25) is 0 Å². The van der Waals surface area contributed by atoms with Crippen LogP contribution in [-0.2, 0) is 15.9 Å². The van der Waals surface area contributed by atoms with Gasteiger partial charge < -0.3 is 20.1 Å². The van der Waals surface area contributed by atoms with Crippen molar-refractivity contribution < 1.29 is 14.3 Å². The molecule has 1 saturated heterocycles. The normalized spacial score (nSPS) is 18.5. The zero-order valence-electron chi connectivity index (χ0n) is 14.0. The fraction of sp³-hybridized carbons (Fsp3) is 0.625. The van der Waals surface area contributed by atoms with E-state index in [2.05, 4.69) is 17.6 Å². The Kier molecular flexibility index (Phi) is 6.38. The van der Waals surface area contributed by atoms with E-state index in [0.717, 1.165) is 41.3 Å². The minimum Gasteiger partial charge on any atom is -0.465 e. The first-order chi connectivity index (χ1) is 11.0. The van der Waals surface area contributed by atoms with Gasteiger partial charge in [0.1, 0.15) is 5.00 Å². The van der Waals surface area contributed by atoms with Crippen molar-refractivity contribution in [3.05, 3.63) is 16.0 Å². The summed E-state index contributed by atoms with van der Waals surface area (Å²) in [6.45, 7) is 6.91. The van der Waals surface area contributed by atoms with Gasteiger partial charge in [0, 0.05) is 11.5 Å². The molecule has 7 heteroatoms. The summed E-state index contributed by atoms with van der Waals surface area (Å²) in [6, 6.07) is 0.130. The van der Waals surface area contributed by atoms with Crippen LogP contribution in [0, 0.1) is 6.92 Å². The molecule has 0 amide bonds. The molecule has 2 heterocycles. The smallest absolute Gasteiger partial charge is 0.341 e. The Balaban J connectivity index is 2.09. The summed E-state index contributed by atoms with van der Waals surface area (Å²) in [5.74, 6) is -0.330. The van der Waals surface area contributed by atoms with E-state index in [0.29, 0.717) is 10.7 Å². The van der Waals surface area contributed by atoms with Crippen LogP contribution >= 0.6 is 23.6 Å². The molecule has 1 aromatic rings. The van der Waals surface area contributed by atoms with Crippen LogP contribution in [0.5, 0.6) is 0 Å². The third kappa shape index (κ3) is 4.22. The average Bonchev–Trinajstić information content (AvgIpc) is 3.14. The monoisotopic (exact) mass is 356 g/mol. The highest BCUT2D eigenvalue weighted by Crippen LogP contribution is 2.34. The van der Waals surface area contributed by atoms with Crippen LogP contribution in [0.25, 0.3) is 0 Å². The van der Waals surface area contributed by atoms with E-state index in [1.54, 1.807) is 0 Å². The van der Waals surface area contributed by atoms with Crippen LogP contribution in [0.2, 0.25) is 0 Å². The molecule has 1 aliphatic heterocycles. The number of anilines is 1. The fourth-order valence-electron chi connectivity index (χ4n) is 2.85. The summed E-state index contributed by atoms with van der Waals surface area (Å²) in [7, 11) is 1.40.